The summed E-state index contributed by atoms with van der Waals surface area (Å²) in [4.78, 5) is 9.11. The highest BCUT2D eigenvalue weighted by molar-refractivity contribution is 9.10. The Morgan fingerprint density at radius 2 is 1.77 bits per heavy atom. The van der Waals surface area contributed by atoms with Crippen molar-refractivity contribution in [1.29, 1.82) is 0 Å². The van der Waals surface area contributed by atoms with E-state index in [0.717, 1.165) is 27.6 Å². The van der Waals surface area contributed by atoms with Gasteiger partial charge in [-0.15, -0.1) is 0 Å². The predicted octanol–water partition coefficient (Wildman–Crippen LogP) is 5.04. The number of hydrogen-bond acceptors (Lipinski definition) is 4. The first-order valence-electron chi connectivity index (χ1n) is 7.84. The number of rotatable bonds is 4. The molecule has 1 aliphatic rings. The van der Waals surface area contributed by atoms with Crippen molar-refractivity contribution in [1.82, 2.24) is 9.97 Å². The minimum Gasteiger partial charge on any atom is -0.351 e. The molecule has 1 saturated carbocycles. The van der Waals surface area contributed by atoms with Gasteiger partial charge in [-0.3, -0.25) is 0 Å². The second-order valence-electron chi connectivity index (χ2n) is 5.83. The van der Waals surface area contributed by atoms with Gasteiger partial charge in [0.2, 0.25) is 5.95 Å². The lowest BCUT2D eigenvalue weighted by Gasteiger charge is -2.23. The number of aromatic nitrogens is 2. The second kappa shape index (κ2) is 7.09. The Hall–Kier alpha value is -1.62. The Morgan fingerprint density at radius 3 is 2.50 bits per heavy atom. The van der Waals surface area contributed by atoms with E-state index in [4.69, 9.17) is 0 Å². The summed E-state index contributed by atoms with van der Waals surface area (Å²) in [5.74, 6) is 1.56. The molecule has 0 radical (unpaired) electrons. The number of nitrogens with zero attached hydrogens (tertiary/aromatic N) is 2. The monoisotopic (exact) mass is 360 g/mol. The van der Waals surface area contributed by atoms with Gasteiger partial charge in [-0.05, 0) is 44.0 Å². The molecule has 2 aromatic rings. The van der Waals surface area contributed by atoms with E-state index in [-0.39, 0.29) is 0 Å². The first-order chi connectivity index (χ1) is 10.7. The van der Waals surface area contributed by atoms with Crippen molar-refractivity contribution in [2.75, 3.05) is 10.6 Å². The minimum absolute atomic E-state index is 0.510. The molecule has 0 unspecified atom stereocenters. The normalized spacial score (nSPS) is 15.5. The highest BCUT2D eigenvalue weighted by Crippen LogP contribution is 2.22. The first kappa shape index (κ1) is 15.3. The van der Waals surface area contributed by atoms with Crippen LogP contribution in [0.1, 0.15) is 37.8 Å². The summed E-state index contributed by atoms with van der Waals surface area (Å²) in [6.07, 6.45) is 6.38. The second-order valence-corrected chi connectivity index (χ2v) is 6.75. The highest BCUT2D eigenvalue weighted by Gasteiger charge is 2.14. The van der Waals surface area contributed by atoms with E-state index in [2.05, 4.69) is 36.5 Å². The number of halogens is 1. The fraction of sp³-hybridized carbons (Fsp3) is 0.412. The maximum atomic E-state index is 4.60. The van der Waals surface area contributed by atoms with Crippen molar-refractivity contribution in [3.05, 3.63) is 40.5 Å². The molecule has 0 atom stereocenters. The lowest BCUT2D eigenvalue weighted by molar-refractivity contribution is 0.461. The maximum Gasteiger partial charge on any atom is 0.225 e. The van der Waals surface area contributed by atoms with Gasteiger partial charge in [0.25, 0.3) is 0 Å². The number of aryl methyl sites for hydroxylation is 1. The molecule has 1 heterocycles. The topological polar surface area (TPSA) is 49.8 Å². The molecule has 1 aromatic heterocycles. The number of anilines is 3. The lowest BCUT2D eigenvalue weighted by atomic mass is 9.96. The maximum absolute atomic E-state index is 4.60. The van der Waals surface area contributed by atoms with Gasteiger partial charge in [0.05, 0.1) is 0 Å². The molecule has 3 rings (SSSR count). The quantitative estimate of drug-likeness (QED) is 0.801. The largest absolute Gasteiger partial charge is 0.351 e. The van der Waals surface area contributed by atoms with Gasteiger partial charge in [-0.1, -0.05) is 35.2 Å². The van der Waals surface area contributed by atoms with E-state index in [1.54, 1.807) is 0 Å². The summed E-state index contributed by atoms with van der Waals surface area (Å²) in [5, 5.41) is 6.82. The molecule has 1 aliphatic carbocycles. The van der Waals surface area contributed by atoms with Crippen LogP contribution >= 0.6 is 15.9 Å². The summed E-state index contributed by atoms with van der Waals surface area (Å²) < 4.78 is 1.07. The predicted molar refractivity (Wildman–Crippen MR) is 94.7 cm³/mol. The van der Waals surface area contributed by atoms with Gasteiger partial charge in [0.15, 0.2) is 0 Å². The van der Waals surface area contributed by atoms with E-state index in [9.17, 15) is 0 Å². The zero-order valence-corrected chi connectivity index (χ0v) is 14.4. The van der Waals surface area contributed by atoms with Crippen LogP contribution in [0.15, 0.2) is 34.8 Å². The molecule has 0 bridgehead atoms. The van der Waals surface area contributed by atoms with Crippen molar-refractivity contribution in [3.63, 3.8) is 0 Å². The standard InChI is InChI=1S/C17H21BrN4/c1-12-11-16(20-15-9-7-13(18)8-10-15)22-17(19-12)21-14-5-3-2-4-6-14/h7-11,14H,2-6H2,1H3,(H2,19,20,21,22). The third-order valence-electron chi connectivity index (χ3n) is 3.91. The molecule has 0 aliphatic heterocycles. The van der Waals surface area contributed by atoms with Crippen LogP contribution in [0.5, 0.6) is 0 Å². The Kier molecular flexibility index (Phi) is 4.93. The minimum atomic E-state index is 0.510. The molecular weight excluding hydrogens is 340 g/mol. The van der Waals surface area contributed by atoms with E-state index in [1.165, 1.54) is 32.1 Å². The Labute approximate surface area is 139 Å². The highest BCUT2D eigenvalue weighted by atomic mass is 79.9. The third-order valence-corrected chi connectivity index (χ3v) is 4.44. The van der Waals surface area contributed by atoms with E-state index in [0.29, 0.717) is 6.04 Å². The molecule has 5 heteroatoms. The van der Waals surface area contributed by atoms with Crippen molar-refractivity contribution >= 4 is 33.4 Å². The summed E-state index contributed by atoms with van der Waals surface area (Å²) in [7, 11) is 0. The number of hydrogen-bond donors (Lipinski definition) is 2. The fourth-order valence-electron chi connectivity index (χ4n) is 2.81. The Balaban J connectivity index is 1.72. The van der Waals surface area contributed by atoms with Crippen LogP contribution in [0.4, 0.5) is 17.5 Å². The van der Waals surface area contributed by atoms with E-state index in [1.807, 2.05) is 37.3 Å². The zero-order chi connectivity index (χ0) is 15.4. The van der Waals surface area contributed by atoms with Crippen molar-refractivity contribution in [2.24, 2.45) is 0 Å². The number of benzene rings is 1. The molecule has 0 spiro atoms. The molecule has 116 valence electrons. The van der Waals surface area contributed by atoms with Gasteiger partial charge < -0.3 is 10.6 Å². The van der Waals surface area contributed by atoms with Crippen LogP contribution < -0.4 is 10.6 Å². The molecule has 2 N–H and O–H groups in total. The average Bonchev–Trinajstić information content (AvgIpc) is 2.50. The lowest BCUT2D eigenvalue weighted by Crippen LogP contribution is -2.23. The van der Waals surface area contributed by atoms with Crippen LogP contribution in [0.25, 0.3) is 0 Å². The van der Waals surface area contributed by atoms with Gasteiger partial charge >= 0.3 is 0 Å². The van der Waals surface area contributed by atoms with Crippen LogP contribution in [0, 0.1) is 6.92 Å². The van der Waals surface area contributed by atoms with Crippen molar-refractivity contribution in [2.45, 2.75) is 45.1 Å². The van der Waals surface area contributed by atoms with Crippen LogP contribution in [0.2, 0.25) is 0 Å². The Bertz CT molecular complexity index is 621. The van der Waals surface area contributed by atoms with Crippen molar-refractivity contribution in [3.8, 4) is 0 Å². The van der Waals surface area contributed by atoms with Crippen LogP contribution in [0.3, 0.4) is 0 Å². The third kappa shape index (κ3) is 4.19. The molecule has 0 amide bonds. The fourth-order valence-corrected chi connectivity index (χ4v) is 3.07. The first-order valence-corrected chi connectivity index (χ1v) is 8.63. The van der Waals surface area contributed by atoms with E-state index >= 15 is 0 Å². The molecular formula is C17H21BrN4. The van der Waals surface area contributed by atoms with Crippen LogP contribution in [-0.2, 0) is 0 Å². The van der Waals surface area contributed by atoms with E-state index < -0.39 is 0 Å². The zero-order valence-electron chi connectivity index (χ0n) is 12.8. The van der Waals surface area contributed by atoms with Crippen LogP contribution in [-0.4, -0.2) is 16.0 Å². The molecule has 4 nitrogen and oxygen atoms in total. The molecule has 1 aromatic carbocycles. The summed E-state index contributed by atoms with van der Waals surface area (Å²) in [6.45, 7) is 2.00. The molecule has 1 fully saturated rings. The summed E-state index contributed by atoms with van der Waals surface area (Å²) >= 11 is 3.45. The molecule has 22 heavy (non-hydrogen) atoms. The summed E-state index contributed by atoms with van der Waals surface area (Å²) in [5.41, 5.74) is 1.98. The van der Waals surface area contributed by atoms with Gasteiger partial charge in [0.1, 0.15) is 5.82 Å². The number of nitrogens with one attached hydrogen (secondary N) is 2. The van der Waals surface area contributed by atoms with Gasteiger partial charge in [-0.25, -0.2) is 4.98 Å². The average molecular weight is 361 g/mol. The molecule has 0 saturated heterocycles. The van der Waals surface area contributed by atoms with Crippen molar-refractivity contribution < 1.29 is 0 Å². The Morgan fingerprint density at radius 1 is 1.05 bits per heavy atom. The smallest absolute Gasteiger partial charge is 0.225 e. The van der Waals surface area contributed by atoms with Gasteiger partial charge in [-0.2, -0.15) is 4.98 Å². The van der Waals surface area contributed by atoms with Gasteiger partial charge in [0, 0.05) is 28.0 Å². The SMILES string of the molecule is Cc1cc(Nc2ccc(Br)cc2)nc(NC2CCCCC2)n1. The summed E-state index contributed by atoms with van der Waals surface area (Å²) in [6, 6.07) is 10.5.